The first-order chi connectivity index (χ1) is 9.97. The Balaban J connectivity index is 2.00. The van der Waals surface area contributed by atoms with Gasteiger partial charge in [0.1, 0.15) is 5.69 Å². The highest BCUT2D eigenvalue weighted by Gasteiger charge is 2.42. The van der Waals surface area contributed by atoms with E-state index >= 15 is 0 Å². The Morgan fingerprint density at radius 1 is 1.33 bits per heavy atom. The Morgan fingerprint density at radius 3 is 2.48 bits per heavy atom. The number of piperidine rings is 1. The Labute approximate surface area is 123 Å². The van der Waals surface area contributed by atoms with Gasteiger partial charge in [0, 0.05) is 18.2 Å². The van der Waals surface area contributed by atoms with E-state index in [1.165, 1.54) is 6.07 Å². The normalized spacial score (nSPS) is 29.5. The van der Waals surface area contributed by atoms with E-state index in [9.17, 15) is 20.3 Å². The molecule has 0 aliphatic carbocycles. The lowest BCUT2D eigenvalue weighted by Gasteiger charge is -2.38. The Hall–Kier alpha value is -1.66. The van der Waals surface area contributed by atoms with E-state index < -0.39 is 6.10 Å². The van der Waals surface area contributed by atoms with Crippen LogP contribution in [0.2, 0.25) is 0 Å². The van der Waals surface area contributed by atoms with Crippen LogP contribution < -0.4 is 4.90 Å². The third-order valence-corrected chi connectivity index (χ3v) is 4.66. The zero-order valence-electron chi connectivity index (χ0n) is 12.0. The van der Waals surface area contributed by atoms with Gasteiger partial charge in [-0.15, -0.1) is 0 Å². The third kappa shape index (κ3) is 2.49. The van der Waals surface area contributed by atoms with Crippen LogP contribution in [0.5, 0.6) is 0 Å². The molecule has 0 radical (unpaired) electrons. The molecule has 2 bridgehead atoms. The summed E-state index contributed by atoms with van der Waals surface area (Å²) in [7, 11) is 0. The summed E-state index contributed by atoms with van der Waals surface area (Å²) in [5, 5.41) is 30.9. The van der Waals surface area contributed by atoms with Crippen molar-refractivity contribution in [3.8, 4) is 0 Å². The van der Waals surface area contributed by atoms with Gasteiger partial charge in [-0.25, -0.2) is 0 Å². The molecular formula is C15H20N2O4. The van der Waals surface area contributed by atoms with E-state index in [1.54, 1.807) is 19.1 Å². The van der Waals surface area contributed by atoms with Crippen molar-refractivity contribution in [1.82, 2.24) is 0 Å². The molecule has 3 rings (SSSR count). The maximum Gasteiger partial charge on any atom is 0.292 e. The molecule has 1 aromatic rings. The molecule has 2 saturated heterocycles. The molecule has 0 spiro atoms. The first-order valence-electron chi connectivity index (χ1n) is 7.40. The highest BCUT2D eigenvalue weighted by molar-refractivity contribution is 5.66. The smallest absolute Gasteiger partial charge is 0.292 e. The van der Waals surface area contributed by atoms with Crippen molar-refractivity contribution in [2.24, 2.45) is 0 Å². The molecule has 114 valence electrons. The predicted octanol–water partition coefficient (Wildman–Crippen LogP) is 2.14. The number of aliphatic hydroxyl groups is 2. The van der Waals surface area contributed by atoms with Gasteiger partial charge >= 0.3 is 0 Å². The molecule has 21 heavy (non-hydrogen) atoms. The quantitative estimate of drug-likeness (QED) is 0.658. The van der Waals surface area contributed by atoms with E-state index in [0.717, 1.165) is 12.8 Å². The van der Waals surface area contributed by atoms with Crippen LogP contribution in [-0.4, -0.2) is 33.3 Å². The summed E-state index contributed by atoms with van der Waals surface area (Å²) in [5.74, 6) is 0. The third-order valence-electron chi connectivity index (χ3n) is 4.66. The monoisotopic (exact) mass is 292 g/mol. The number of nitro benzene ring substituents is 1. The summed E-state index contributed by atoms with van der Waals surface area (Å²) in [6.07, 6.45) is 2.26. The molecule has 6 nitrogen and oxygen atoms in total. The van der Waals surface area contributed by atoms with E-state index in [-0.39, 0.29) is 28.8 Å². The topological polar surface area (TPSA) is 86.8 Å². The summed E-state index contributed by atoms with van der Waals surface area (Å²) < 4.78 is 0. The van der Waals surface area contributed by atoms with Crippen molar-refractivity contribution in [1.29, 1.82) is 0 Å². The van der Waals surface area contributed by atoms with E-state index in [2.05, 4.69) is 4.90 Å². The first kappa shape index (κ1) is 14.3. The Kier molecular flexibility index (Phi) is 3.59. The van der Waals surface area contributed by atoms with E-state index in [4.69, 9.17) is 0 Å². The van der Waals surface area contributed by atoms with Crippen molar-refractivity contribution in [3.05, 3.63) is 33.9 Å². The van der Waals surface area contributed by atoms with Gasteiger partial charge in [0.2, 0.25) is 0 Å². The SMILES string of the molecule is C[C@H](O)c1ccc(N2C3CCC2CC(O)C3)c([N+](=O)[O-])c1. The van der Waals surface area contributed by atoms with Gasteiger partial charge < -0.3 is 15.1 Å². The second-order valence-corrected chi connectivity index (χ2v) is 6.10. The molecule has 2 aliphatic heterocycles. The van der Waals surface area contributed by atoms with Crippen LogP contribution in [0.3, 0.4) is 0 Å². The summed E-state index contributed by atoms with van der Waals surface area (Å²) in [6, 6.07) is 5.30. The molecule has 0 aromatic heterocycles. The number of nitrogens with zero attached hydrogens (tertiary/aromatic N) is 2. The second-order valence-electron chi connectivity index (χ2n) is 6.10. The molecule has 3 atom stereocenters. The summed E-state index contributed by atoms with van der Waals surface area (Å²) in [6.45, 7) is 1.60. The molecule has 2 heterocycles. The minimum absolute atomic E-state index is 0.0432. The maximum atomic E-state index is 11.4. The fourth-order valence-corrected chi connectivity index (χ4v) is 3.71. The zero-order chi connectivity index (χ0) is 15.1. The molecule has 6 heteroatoms. The molecule has 0 amide bonds. The zero-order valence-corrected chi connectivity index (χ0v) is 12.0. The van der Waals surface area contributed by atoms with Crippen LogP contribution in [0.15, 0.2) is 18.2 Å². The van der Waals surface area contributed by atoms with Crippen LogP contribution in [0.4, 0.5) is 11.4 Å². The van der Waals surface area contributed by atoms with Gasteiger partial charge in [-0.1, -0.05) is 6.07 Å². The number of rotatable bonds is 3. The van der Waals surface area contributed by atoms with Crippen LogP contribution in [0.1, 0.15) is 44.3 Å². The lowest BCUT2D eigenvalue weighted by Crippen LogP contribution is -2.45. The van der Waals surface area contributed by atoms with Crippen molar-refractivity contribution < 1.29 is 15.1 Å². The highest BCUT2D eigenvalue weighted by Crippen LogP contribution is 2.43. The number of anilines is 1. The van der Waals surface area contributed by atoms with Crippen molar-refractivity contribution >= 4 is 11.4 Å². The molecular weight excluding hydrogens is 272 g/mol. The van der Waals surface area contributed by atoms with Crippen LogP contribution in [0.25, 0.3) is 0 Å². The predicted molar refractivity (Wildman–Crippen MR) is 78.3 cm³/mol. The average molecular weight is 292 g/mol. The fourth-order valence-electron chi connectivity index (χ4n) is 3.71. The number of benzene rings is 1. The number of hydrogen-bond acceptors (Lipinski definition) is 5. The van der Waals surface area contributed by atoms with E-state index in [1.807, 2.05) is 0 Å². The summed E-state index contributed by atoms with van der Waals surface area (Å²) in [4.78, 5) is 13.1. The van der Waals surface area contributed by atoms with Gasteiger partial charge in [0.05, 0.1) is 17.1 Å². The second kappa shape index (κ2) is 5.27. The molecule has 2 fully saturated rings. The number of hydrogen-bond donors (Lipinski definition) is 2. The average Bonchev–Trinajstić information content (AvgIpc) is 2.69. The molecule has 2 aliphatic rings. The Morgan fingerprint density at radius 2 is 1.95 bits per heavy atom. The molecule has 0 saturated carbocycles. The maximum absolute atomic E-state index is 11.4. The van der Waals surface area contributed by atoms with Crippen molar-refractivity contribution in [2.45, 2.75) is 56.9 Å². The minimum atomic E-state index is -0.724. The van der Waals surface area contributed by atoms with Gasteiger partial charge in [-0.2, -0.15) is 0 Å². The number of nitro groups is 1. The minimum Gasteiger partial charge on any atom is -0.393 e. The fraction of sp³-hybridized carbons (Fsp3) is 0.600. The van der Waals surface area contributed by atoms with Crippen molar-refractivity contribution in [2.75, 3.05) is 4.90 Å². The van der Waals surface area contributed by atoms with E-state index in [0.29, 0.717) is 24.1 Å². The van der Waals surface area contributed by atoms with Gasteiger partial charge in [0.15, 0.2) is 0 Å². The largest absolute Gasteiger partial charge is 0.393 e. The lowest BCUT2D eigenvalue weighted by molar-refractivity contribution is -0.384. The number of aliphatic hydroxyl groups excluding tert-OH is 2. The molecule has 2 unspecified atom stereocenters. The van der Waals surface area contributed by atoms with Crippen LogP contribution in [0, 0.1) is 10.1 Å². The molecule has 2 N–H and O–H groups in total. The summed E-state index contributed by atoms with van der Waals surface area (Å²) in [5.41, 5.74) is 1.21. The lowest BCUT2D eigenvalue weighted by atomic mass is 9.98. The number of fused-ring (bicyclic) bond motifs is 2. The summed E-state index contributed by atoms with van der Waals surface area (Å²) >= 11 is 0. The molecule has 1 aromatic carbocycles. The standard InChI is InChI=1S/C15H20N2O4/c1-9(18)10-2-5-14(15(6-10)17(20)21)16-11-3-4-12(16)8-13(19)7-11/h2,5-6,9,11-13,18-19H,3-4,7-8H2,1H3/t9-,11?,12?,13?/m0/s1. The van der Waals surface area contributed by atoms with Crippen LogP contribution in [-0.2, 0) is 0 Å². The van der Waals surface area contributed by atoms with Crippen LogP contribution >= 0.6 is 0 Å². The van der Waals surface area contributed by atoms with Gasteiger partial charge in [-0.05, 0) is 44.2 Å². The van der Waals surface area contributed by atoms with Crippen molar-refractivity contribution in [3.63, 3.8) is 0 Å². The highest BCUT2D eigenvalue weighted by atomic mass is 16.6. The Bertz CT molecular complexity index is 547. The first-order valence-corrected chi connectivity index (χ1v) is 7.40. The van der Waals surface area contributed by atoms with Gasteiger partial charge in [0.25, 0.3) is 5.69 Å². The van der Waals surface area contributed by atoms with Gasteiger partial charge in [-0.3, -0.25) is 10.1 Å².